The highest BCUT2D eigenvalue weighted by Gasteiger charge is 2.14. The van der Waals surface area contributed by atoms with Crippen molar-refractivity contribution in [2.24, 2.45) is 0 Å². The zero-order chi connectivity index (χ0) is 26.9. The third-order valence-corrected chi connectivity index (χ3v) is 6.66. The fraction of sp³-hybridized carbons (Fsp3) is 0.267. The average Bonchev–Trinajstić information content (AvgIpc) is 3.65. The average molecular weight is 523 g/mol. The predicted molar refractivity (Wildman–Crippen MR) is 154 cm³/mol. The minimum Gasteiger partial charge on any atom is -0.395 e. The van der Waals surface area contributed by atoms with E-state index in [-0.39, 0.29) is 6.61 Å². The molecule has 4 N–H and O–H groups in total. The highest BCUT2D eigenvalue weighted by molar-refractivity contribution is 5.84. The van der Waals surface area contributed by atoms with Crippen molar-refractivity contribution in [2.75, 3.05) is 25.0 Å². The van der Waals surface area contributed by atoms with Crippen LogP contribution in [-0.4, -0.2) is 55.0 Å². The second-order valence-electron chi connectivity index (χ2n) is 9.40. The van der Waals surface area contributed by atoms with Gasteiger partial charge in [-0.2, -0.15) is 5.21 Å². The van der Waals surface area contributed by atoms with Crippen LogP contribution in [0.5, 0.6) is 0 Å². The molecule has 0 saturated carbocycles. The molecule has 0 radical (unpaired) electrons. The van der Waals surface area contributed by atoms with E-state index in [0.717, 1.165) is 58.8 Å². The van der Waals surface area contributed by atoms with Crippen LogP contribution in [0.15, 0.2) is 79.0 Å². The Kier molecular flexibility index (Phi) is 8.72. The number of nitrogens with one attached hydrogen (secondary N) is 3. The number of benzene rings is 3. The Balaban J connectivity index is 1.44. The summed E-state index contributed by atoms with van der Waals surface area (Å²) in [5.41, 5.74) is 7.56. The first-order chi connectivity index (χ1) is 19.3. The van der Waals surface area contributed by atoms with Gasteiger partial charge in [-0.05, 0) is 51.6 Å². The van der Waals surface area contributed by atoms with Crippen molar-refractivity contribution in [1.29, 1.82) is 0 Å². The van der Waals surface area contributed by atoms with Gasteiger partial charge in [-0.15, -0.1) is 10.2 Å². The van der Waals surface area contributed by atoms with Gasteiger partial charge in [0.25, 0.3) is 0 Å². The van der Waals surface area contributed by atoms with Crippen molar-refractivity contribution < 1.29 is 5.11 Å². The number of nitrogens with zero attached hydrogens (tertiary/aromatic N) is 5. The SMILES string of the molecule is CCCCNc1ncc(CNCCO)n1Cc1ccc(-c2cc(-c3ccccc3)ccc2-c2nn[nH]n2)cc1. The maximum atomic E-state index is 9.17. The van der Waals surface area contributed by atoms with E-state index >= 15 is 0 Å². The van der Waals surface area contributed by atoms with Crippen LogP contribution < -0.4 is 10.6 Å². The fourth-order valence-electron chi connectivity index (χ4n) is 4.58. The summed E-state index contributed by atoms with van der Waals surface area (Å²) in [6.45, 7) is 5.04. The van der Waals surface area contributed by atoms with Gasteiger partial charge in [0.15, 0.2) is 0 Å². The lowest BCUT2D eigenvalue weighted by Gasteiger charge is -2.15. The quantitative estimate of drug-likeness (QED) is 0.165. The number of aliphatic hydroxyl groups excluding tert-OH is 1. The number of tetrazole rings is 1. The first-order valence-electron chi connectivity index (χ1n) is 13.4. The normalized spacial score (nSPS) is 11.1. The summed E-state index contributed by atoms with van der Waals surface area (Å²) < 4.78 is 2.20. The maximum Gasteiger partial charge on any atom is 0.205 e. The van der Waals surface area contributed by atoms with Crippen molar-refractivity contribution in [1.82, 2.24) is 35.5 Å². The minimum atomic E-state index is 0.106. The van der Waals surface area contributed by atoms with Crippen LogP contribution in [0.25, 0.3) is 33.6 Å². The molecule has 0 saturated heterocycles. The lowest BCUT2D eigenvalue weighted by molar-refractivity contribution is 0.291. The Hall–Kier alpha value is -4.34. The molecular weight excluding hydrogens is 488 g/mol. The monoisotopic (exact) mass is 522 g/mol. The van der Waals surface area contributed by atoms with Gasteiger partial charge in [-0.3, -0.25) is 0 Å². The van der Waals surface area contributed by atoms with Crippen LogP contribution in [0.4, 0.5) is 5.95 Å². The highest BCUT2D eigenvalue weighted by Crippen LogP contribution is 2.34. The minimum absolute atomic E-state index is 0.106. The number of rotatable bonds is 13. The summed E-state index contributed by atoms with van der Waals surface area (Å²) >= 11 is 0. The molecule has 0 unspecified atom stereocenters. The molecule has 0 atom stereocenters. The van der Waals surface area contributed by atoms with Crippen molar-refractivity contribution in [3.8, 4) is 33.6 Å². The number of aromatic amines is 1. The largest absolute Gasteiger partial charge is 0.395 e. The molecule has 9 heteroatoms. The third kappa shape index (κ3) is 6.39. The van der Waals surface area contributed by atoms with E-state index in [1.54, 1.807) is 0 Å². The van der Waals surface area contributed by atoms with Crippen LogP contribution in [0.3, 0.4) is 0 Å². The zero-order valence-electron chi connectivity index (χ0n) is 22.1. The molecule has 2 heterocycles. The molecule has 5 rings (SSSR count). The number of aromatic nitrogens is 6. The second-order valence-corrected chi connectivity index (χ2v) is 9.40. The maximum absolute atomic E-state index is 9.17. The van der Waals surface area contributed by atoms with Crippen LogP contribution >= 0.6 is 0 Å². The number of hydrogen-bond acceptors (Lipinski definition) is 7. The van der Waals surface area contributed by atoms with Crippen molar-refractivity contribution in [3.63, 3.8) is 0 Å². The molecule has 3 aromatic carbocycles. The third-order valence-electron chi connectivity index (χ3n) is 6.66. The van der Waals surface area contributed by atoms with Gasteiger partial charge in [0.1, 0.15) is 0 Å². The first-order valence-corrected chi connectivity index (χ1v) is 13.4. The molecule has 9 nitrogen and oxygen atoms in total. The van der Waals surface area contributed by atoms with Gasteiger partial charge in [-0.1, -0.05) is 74.0 Å². The van der Waals surface area contributed by atoms with Crippen molar-refractivity contribution >= 4 is 5.95 Å². The number of aliphatic hydroxyl groups is 1. The Morgan fingerprint density at radius 2 is 1.72 bits per heavy atom. The van der Waals surface area contributed by atoms with E-state index in [2.05, 4.69) is 102 Å². The fourth-order valence-corrected chi connectivity index (χ4v) is 4.58. The number of H-pyrrole nitrogens is 1. The molecular formula is C30H34N8O. The molecule has 5 aromatic rings. The van der Waals surface area contributed by atoms with Gasteiger partial charge in [0.2, 0.25) is 11.8 Å². The number of anilines is 1. The van der Waals surface area contributed by atoms with Gasteiger partial charge in [0, 0.05) is 25.2 Å². The van der Waals surface area contributed by atoms with E-state index in [0.29, 0.717) is 25.5 Å². The molecule has 0 fully saturated rings. The molecule has 39 heavy (non-hydrogen) atoms. The number of unbranched alkanes of at least 4 members (excludes halogenated alkanes) is 1. The molecule has 0 bridgehead atoms. The highest BCUT2D eigenvalue weighted by atomic mass is 16.3. The molecule has 0 amide bonds. The predicted octanol–water partition coefficient (Wildman–Crippen LogP) is 4.74. The summed E-state index contributed by atoms with van der Waals surface area (Å²) in [6, 6.07) is 25.3. The molecule has 200 valence electrons. The lowest BCUT2D eigenvalue weighted by atomic mass is 9.93. The first kappa shape index (κ1) is 26.3. The van der Waals surface area contributed by atoms with Gasteiger partial charge < -0.3 is 20.3 Å². The number of imidazole rings is 1. The van der Waals surface area contributed by atoms with Crippen molar-refractivity contribution in [2.45, 2.75) is 32.9 Å². The van der Waals surface area contributed by atoms with Gasteiger partial charge in [0.05, 0.1) is 25.0 Å². The Labute approximate surface area is 228 Å². The molecule has 0 aliphatic rings. The van der Waals surface area contributed by atoms with E-state index in [1.807, 2.05) is 24.4 Å². The summed E-state index contributed by atoms with van der Waals surface area (Å²) in [5, 5.41) is 30.7. The molecule has 0 spiro atoms. The second kappa shape index (κ2) is 12.9. The van der Waals surface area contributed by atoms with Crippen LogP contribution in [0, 0.1) is 0 Å². The van der Waals surface area contributed by atoms with E-state index in [1.165, 1.54) is 5.56 Å². The molecule has 2 aromatic heterocycles. The smallest absolute Gasteiger partial charge is 0.205 e. The van der Waals surface area contributed by atoms with E-state index in [9.17, 15) is 0 Å². The summed E-state index contributed by atoms with van der Waals surface area (Å²) in [5.74, 6) is 1.43. The lowest BCUT2D eigenvalue weighted by Crippen LogP contribution is -2.20. The molecule has 0 aliphatic heterocycles. The molecule has 0 aliphatic carbocycles. The topological polar surface area (TPSA) is 117 Å². The van der Waals surface area contributed by atoms with Crippen LogP contribution in [0.2, 0.25) is 0 Å². The number of hydrogen-bond donors (Lipinski definition) is 4. The summed E-state index contributed by atoms with van der Waals surface area (Å²) in [4.78, 5) is 4.63. The van der Waals surface area contributed by atoms with Crippen LogP contribution in [0.1, 0.15) is 31.0 Å². The van der Waals surface area contributed by atoms with E-state index in [4.69, 9.17) is 5.11 Å². The van der Waals surface area contributed by atoms with Crippen LogP contribution in [-0.2, 0) is 13.1 Å². The Morgan fingerprint density at radius 1 is 0.897 bits per heavy atom. The Morgan fingerprint density at radius 3 is 2.46 bits per heavy atom. The standard InChI is InChI=1S/C30H34N8O/c1-2-3-15-32-30-33-20-26(19-31-16-17-39)38(30)21-22-9-11-24(12-10-22)28-18-25(23-7-5-4-6-8-23)13-14-27(28)29-34-36-37-35-29/h4-14,18,20,31,39H,2-3,15-17,19,21H2,1H3,(H,32,33)(H,34,35,36,37). The van der Waals surface area contributed by atoms with E-state index < -0.39 is 0 Å². The summed E-state index contributed by atoms with van der Waals surface area (Å²) in [7, 11) is 0. The van der Waals surface area contributed by atoms with Gasteiger partial charge >= 0.3 is 0 Å². The Bertz CT molecular complexity index is 1420. The zero-order valence-corrected chi connectivity index (χ0v) is 22.1. The summed E-state index contributed by atoms with van der Waals surface area (Å²) in [6.07, 6.45) is 4.11. The van der Waals surface area contributed by atoms with Crippen molar-refractivity contribution in [3.05, 3.63) is 90.3 Å². The van der Waals surface area contributed by atoms with Gasteiger partial charge in [-0.25, -0.2) is 4.98 Å².